The summed E-state index contributed by atoms with van der Waals surface area (Å²) in [5.41, 5.74) is 1.35. The largest absolute Gasteiger partial charge is 0.466 e. The molecule has 92 valence electrons. The number of aromatic nitrogens is 2. The molecule has 2 aromatic rings. The predicted molar refractivity (Wildman–Crippen MR) is 65.7 cm³/mol. The van der Waals surface area contributed by atoms with Gasteiger partial charge in [0, 0.05) is 11.6 Å². The highest BCUT2D eigenvalue weighted by atomic mass is 16.5. The molecule has 5 nitrogen and oxygen atoms in total. The molecule has 5 heteroatoms. The molecule has 0 fully saturated rings. The lowest BCUT2D eigenvalue weighted by atomic mass is 10.1. The van der Waals surface area contributed by atoms with Gasteiger partial charge in [-0.2, -0.15) is 10.4 Å². The Kier molecular flexibility index (Phi) is 3.58. The third-order valence-corrected chi connectivity index (χ3v) is 2.57. The molecule has 1 heterocycles. The zero-order chi connectivity index (χ0) is 13.0. The molecule has 0 spiro atoms. The number of hydrogen-bond donors (Lipinski definition) is 0. The standard InChI is InChI=1S/C13H13N3O2/c1-2-18-13(17)6-7-16-9-11-10(8-14)4-3-5-12(11)15-16/h3-5,9H,2,6-7H2,1H3. The first-order chi connectivity index (χ1) is 8.74. The molecule has 1 aromatic heterocycles. The van der Waals surface area contributed by atoms with Crippen molar-refractivity contribution >= 4 is 16.9 Å². The highest BCUT2D eigenvalue weighted by molar-refractivity contribution is 5.84. The number of nitriles is 1. The van der Waals surface area contributed by atoms with Crippen LogP contribution in [-0.4, -0.2) is 22.4 Å². The Balaban J connectivity index is 2.16. The number of carbonyl (C=O) groups excluding carboxylic acids is 1. The molecule has 0 unspecified atom stereocenters. The molecule has 1 aromatic carbocycles. The van der Waals surface area contributed by atoms with Gasteiger partial charge in [0.1, 0.15) is 0 Å². The maximum Gasteiger partial charge on any atom is 0.307 e. The summed E-state index contributed by atoms with van der Waals surface area (Å²) >= 11 is 0. The number of ether oxygens (including phenoxy) is 1. The maximum absolute atomic E-state index is 11.2. The lowest BCUT2D eigenvalue weighted by Gasteiger charge is -2.01. The normalized spacial score (nSPS) is 10.2. The van der Waals surface area contributed by atoms with Gasteiger partial charge in [0.05, 0.1) is 36.7 Å². The van der Waals surface area contributed by atoms with Crippen molar-refractivity contribution in [2.75, 3.05) is 6.61 Å². The Labute approximate surface area is 105 Å². The van der Waals surface area contributed by atoms with Crippen LogP contribution in [0.5, 0.6) is 0 Å². The molecule has 0 amide bonds. The van der Waals surface area contributed by atoms with E-state index >= 15 is 0 Å². The van der Waals surface area contributed by atoms with Crippen LogP contribution in [0.2, 0.25) is 0 Å². The topological polar surface area (TPSA) is 67.9 Å². The van der Waals surface area contributed by atoms with Gasteiger partial charge in [0.2, 0.25) is 0 Å². The van der Waals surface area contributed by atoms with Crippen molar-refractivity contribution in [1.29, 1.82) is 5.26 Å². The predicted octanol–water partition coefficient (Wildman–Crippen LogP) is 1.86. The summed E-state index contributed by atoms with van der Waals surface area (Å²) in [5, 5.41) is 14.1. The lowest BCUT2D eigenvalue weighted by molar-refractivity contribution is -0.143. The maximum atomic E-state index is 11.2. The first kappa shape index (κ1) is 12.1. The van der Waals surface area contributed by atoms with E-state index < -0.39 is 0 Å². The fourth-order valence-electron chi connectivity index (χ4n) is 1.74. The van der Waals surface area contributed by atoms with E-state index in [1.807, 2.05) is 6.07 Å². The second-order valence-electron chi connectivity index (χ2n) is 3.80. The second-order valence-corrected chi connectivity index (χ2v) is 3.80. The SMILES string of the molecule is CCOC(=O)CCn1cc2c(C#N)cccc2n1. The Morgan fingerprint density at radius 1 is 1.56 bits per heavy atom. The van der Waals surface area contributed by atoms with Crippen LogP contribution in [-0.2, 0) is 16.1 Å². The summed E-state index contributed by atoms with van der Waals surface area (Å²) in [5.74, 6) is -0.238. The van der Waals surface area contributed by atoms with Gasteiger partial charge >= 0.3 is 5.97 Å². The molecule has 0 saturated heterocycles. The highest BCUT2D eigenvalue weighted by Gasteiger charge is 2.07. The lowest BCUT2D eigenvalue weighted by Crippen LogP contribution is -2.09. The first-order valence-electron chi connectivity index (χ1n) is 5.76. The highest BCUT2D eigenvalue weighted by Crippen LogP contribution is 2.16. The number of rotatable bonds is 4. The van der Waals surface area contributed by atoms with Crippen LogP contribution in [0.15, 0.2) is 24.4 Å². The van der Waals surface area contributed by atoms with Gasteiger partial charge in [0.15, 0.2) is 0 Å². The van der Waals surface area contributed by atoms with Crippen molar-refractivity contribution in [3.63, 3.8) is 0 Å². The second kappa shape index (κ2) is 5.32. The Morgan fingerprint density at radius 2 is 2.39 bits per heavy atom. The molecule has 2 rings (SSSR count). The molecular formula is C13H13N3O2. The molecule has 0 radical (unpaired) electrons. The van der Waals surface area contributed by atoms with E-state index in [2.05, 4.69) is 11.2 Å². The molecule has 0 aliphatic heterocycles. The zero-order valence-electron chi connectivity index (χ0n) is 10.1. The van der Waals surface area contributed by atoms with Crippen LogP contribution in [0, 0.1) is 11.3 Å². The molecule has 0 bridgehead atoms. The van der Waals surface area contributed by atoms with Crippen molar-refractivity contribution in [2.24, 2.45) is 0 Å². The first-order valence-corrected chi connectivity index (χ1v) is 5.76. The van der Waals surface area contributed by atoms with Gasteiger partial charge in [-0.3, -0.25) is 9.48 Å². The van der Waals surface area contributed by atoms with Crippen LogP contribution < -0.4 is 0 Å². The minimum absolute atomic E-state index is 0.238. The van der Waals surface area contributed by atoms with E-state index in [1.54, 1.807) is 29.9 Å². The minimum Gasteiger partial charge on any atom is -0.466 e. The summed E-state index contributed by atoms with van der Waals surface area (Å²) in [4.78, 5) is 11.2. The fraction of sp³-hybridized carbons (Fsp3) is 0.308. The summed E-state index contributed by atoms with van der Waals surface area (Å²) in [6.07, 6.45) is 2.07. The van der Waals surface area contributed by atoms with E-state index in [9.17, 15) is 4.79 Å². The Hall–Kier alpha value is -2.35. The van der Waals surface area contributed by atoms with E-state index in [0.717, 1.165) is 10.9 Å². The molecule has 0 N–H and O–H groups in total. The molecular weight excluding hydrogens is 230 g/mol. The minimum atomic E-state index is -0.238. The van der Waals surface area contributed by atoms with Crippen LogP contribution >= 0.6 is 0 Å². The molecule has 0 aliphatic carbocycles. The van der Waals surface area contributed by atoms with E-state index in [-0.39, 0.29) is 12.4 Å². The number of benzene rings is 1. The Morgan fingerprint density at radius 3 is 3.11 bits per heavy atom. The quantitative estimate of drug-likeness (QED) is 0.768. The van der Waals surface area contributed by atoms with Gasteiger partial charge in [-0.25, -0.2) is 0 Å². The van der Waals surface area contributed by atoms with Crippen LogP contribution in [0.25, 0.3) is 10.9 Å². The molecule has 0 saturated carbocycles. The number of esters is 1. The average Bonchev–Trinajstić information content (AvgIpc) is 2.79. The number of carbonyl (C=O) groups is 1. The number of nitrogens with zero attached hydrogens (tertiary/aromatic N) is 3. The van der Waals surface area contributed by atoms with Crippen molar-refractivity contribution < 1.29 is 9.53 Å². The fourth-order valence-corrected chi connectivity index (χ4v) is 1.74. The smallest absolute Gasteiger partial charge is 0.307 e. The van der Waals surface area contributed by atoms with Crippen LogP contribution in [0.4, 0.5) is 0 Å². The van der Waals surface area contributed by atoms with Crippen molar-refractivity contribution in [3.8, 4) is 6.07 Å². The molecule has 18 heavy (non-hydrogen) atoms. The van der Waals surface area contributed by atoms with Crippen molar-refractivity contribution in [3.05, 3.63) is 30.0 Å². The van der Waals surface area contributed by atoms with Crippen molar-refractivity contribution in [1.82, 2.24) is 9.78 Å². The third kappa shape index (κ3) is 2.48. The zero-order valence-corrected chi connectivity index (χ0v) is 10.1. The van der Waals surface area contributed by atoms with Gasteiger partial charge in [-0.15, -0.1) is 0 Å². The van der Waals surface area contributed by atoms with E-state index in [1.165, 1.54) is 0 Å². The van der Waals surface area contributed by atoms with Crippen molar-refractivity contribution in [2.45, 2.75) is 19.9 Å². The van der Waals surface area contributed by atoms with E-state index in [0.29, 0.717) is 18.7 Å². The van der Waals surface area contributed by atoms with Gasteiger partial charge in [0.25, 0.3) is 0 Å². The van der Waals surface area contributed by atoms with Gasteiger partial charge in [-0.1, -0.05) is 6.07 Å². The number of fused-ring (bicyclic) bond motifs is 1. The molecule has 0 atom stereocenters. The number of aryl methyl sites for hydroxylation is 1. The monoisotopic (exact) mass is 243 g/mol. The van der Waals surface area contributed by atoms with Crippen LogP contribution in [0.1, 0.15) is 18.9 Å². The van der Waals surface area contributed by atoms with Gasteiger partial charge in [-0.05, 0) is 19.1 Å². The third-order valence-electron chi connectivity index (χ3n) is 2.57. The van der Waals surface area contributed by atoms with Gasteiger partial charge < -0.3 is 4.74 Å². The summed E-state index contributed by atoms with van der Waals surface area (Å²) in [6.45, 7) is 2.62. The summed E-state index contributed by atoms with van der Waals surface area (Å²) < 4.78 is 6.52. The summed E-state index contributed by atoms with van der Waals surface area (Å²) in [6, 6.07) is 7.51. The van der Waals surface area contributed by atoms with Crippen LogP contribution in [0.3, 0.4) is 0 Å². The molecule has 0 aliphatic rings. The Bertz CT molecular complexity index is 610. The number of hydrogen-bond acceptors (Lipinski definition) is 4. The summed E-state index contributed by atoms with van der Waals surface area (Å²) in [7, 11) is 0. The average molecular weight is 243 g/mol. The van der Waals surface area contributed by atoms with E-state index in [4.69, 9.17) is 10.00 Å².